The largest absolute Gasteiger partial charge is 0.492 e. The predicted octanol–water partition coefficient (Wildman–Crippen LogP) is 4.56. The Morgan fingerprint density at radius 2 is 1.97 bits per heavy atom. The van der Waals surface area contributed by atoms with Crippen LogP contribution in [0.5, 0.6) is 0 Å². The van der Waals surface area contributed by atoms with E-state index in [1.807, 2.05) is 24.9 Å². The summed E-state index contributed by atoms with van der Waals surface area (Å²) >= 11 is 0. The lowest BCUT2D eigenvalue weighted by Gasteiger charge is -2.19. The van der Waals surface area contributed by atoms with Gasteiger partial charge in [0.15, 0.2) is 0 Å². The van der Waals surface area contributed by atoms with Crippen LogP contribution in [0.15, 0.2) is 76.4 Å². The van der Waals surface area contributed by atoms with Crippen molar-refractivity contribution in [2.24, 2.45) is 10.2 Å². The highest BCUT2D eigenvalue weighted by molar-refractivity contribution is 5.54. The second-order valence-electron chi connectivity index (χ2n) is 6.83. The van der Waals surface area contributed by atoms with Crippen molar-refractivity contribution in [3.63, 3.8) is 0 Å². The van der Waals surface area contributed by atoms with E-state index in [0.717, 1.165) is 16.3 Å². The molecule has 0 aliphatic heterocycles. The van der Waals surface area contributed by atoms with E-state index >= 15 is 0 Å². The second kappa shape index (κ2) is 10.4. The van der Waals surface area contributed by atoms with E-state index < -0.39 is 12.0 Å². The molecular weight excluding hydrogens is 407 g/mol. The van der Waals surface area contributed by atoms with E-state index in [1.54, 1.807) is 24.3 Å². The van der Waals surface area contributed by atoms with Gasteiger partial charge in [-0.05, 0) is 35.2 Å². The molecule has 0 N–H and O–H groups in total. The molecule has 0 aliphatic carbocycles. The summed E-state index contributed by atoms with van der Waals surface area (Å²) < 4.78 is 41.5. The average molecular weight is 431 g/mol. The third kappa shape index (κ3) is 6.43. The Balaban J connectivity index is 2.61. The molecule has 0 bridgehead atoms. The molecule has 0 unspecified atom stereocenters. The first-order valence-electron chi connectivity index (χ1n) is 9.35. The van der Waals surface area contributed by atoms with E-state index in [-0.39, 0.29) is 16.0 Å². The number of halogens is 3. The zero-order chi connectivity index (χ0) is 23.0. The van der Waals surface area contributed by atoms with Gasteiger partial charge in [0.05, 0.1) is 5.69 Å². The van der Waals surface area contributed by atoms with Crippen molar-refractivity contribution in [1.82, 2.24) is 14.0 Å². The van der Waals surface area contributed by atoms with E-state index in [2.05, 4.69) is 23.5 Å². The molecular formula is C22H24F3N5O. The third-order valence-corrected chi connectivity index (χ3v) is 4.44. The fourth-order valence-electron chi connectivity index (χ4n) is 2.92. The average Bonchev–Trinajstić information content (AvgIpc) is 2.80. The van der Waals surface area contributed by atoms with Crippen molar-refractivity contribution in [2.45, 2.75) is 19.1 Å². The molecule has 31 heavy (non-hydrogen) atoms. The first-order valence-corrected chi connectivity index (χ1v) is 9.35. The minimum atomic E-state index is -4.90. The Labute approximate surface area is 178 Å². The summed E-state index contributed by atoms with van der Waals surface area (Å²) in [5.74, 6) is 0.00344. The maximum absolute atomic E-state index is 13.6. The molecule has 1 atom stereocenters. The van der Waals surface area contributed by atoms with Gasteiger partial charge >= 0.3 is 12.0 Å². The summed E-state index contributed by atoms with van der Waals surface area (Å²) in [6, 6.07) is 11.3. The molecule has 164 valence electrons. The number of aromatic nitrogens is 2. The van der Waals surface area contributed by atoms with Crippen molar-refractivity contribution < 1.29 is 13.2 Å². The number of likely N-dealkylation sites (N-methyl/N-ethyl adjacent to an activating group) is 1. The van der Waals surface area contributed by atoms with Crippen LogP contribution in [0.2, 0.25) is 0 Å². The van der Waals surface area contributed by atoms with Crippen LogP contribution in [0.4, 0.5) is 13.2 Å². The molecule has 0 saturated carbocycles. The van der Waals surface area contributed by atoms with Crippen molar-refractivity contribution in [3.8, 4) is 5.69 Å². The lowest BCUT2D eigenvalue weighted by atomic mass is 10.0. The summed E-state index contributed by atoms with van der Waals surface area (Å²) in [6.45, 7) is 9.31. The fraction of sp³-hybridized carbons (Fsp3) is 0.227. The van der Waals surface area contributed by atoms with Gasteiger partial charge in [-0.3, -0.25) is 4.57 Å². The summed E-state index contributed by atoms with van der Waals surface area (Å²) in [5.41, 5.74) is 0.0609. The molecule has 6 nitrogen and oxygen atoms in total. The van der Waals surface area contributed by atoms with Gasteiger partial charge in [0.1, 0.15) is 6.34 Å². The molecule has 0 saturated heterocycles. The van der Waals surface area contributed by atoms with E-state index in [9.17, 15) is 18.0 Å². The van der Waals surface area contributed by atoms with Crippen LogP contribution in [0, 0.1) is 0 Å². The summed E-state index contributed by atoms with van der Waals surface area (Å²) in [7, 11) is 1.82. The second-order valence-corrected chi connectivity index (χ2v) is 6.83. The van der Waals surface area contributed by atoms with Gasteiger partial charge in [-0.25, -0.2) is 9.36 Å². The van der Waals surface area contributed by atoms with Crippen molar-refractivity contribution in [3.05, 3.63) is 83.0 Å². The van der Waals surface area contributed by atoms with Gasteiger partial charge in [0, 0.05) is 32.7 Å². The minimum Gasteiger partial charge on any atom is -0.364 e. The van der Waals surface area contributed by atoms with Crippen LogP contribution in [-0.4, -0.2) is 40.7 Å². The highest BCUT2D eigenvalue weighted by Gasteiger charge is 2.32. The minimum absolute atomic E-state index is 0.00344. The zero-order valence-corrected chi connectivity index (χ0v) is 17.3. The van der Waals surface area contributed by atoms with Crippen molar-refractivity contribution in [1.29, 1.82) is 0 Å². The molecule has 2 aromatic rings. The molecule has 1 heterocycles. The Morgan fingerprint density at radius 3 is 2.61 bits per heavy atom. The Bertz CT molecular complexity index is 1070. The first-order chi connectivity index (χ1) is 14.7. The van der Waals surface area contributed by atoms with Gasteiger partial charge in [-0.1, -0.05) is 43.8 Å². The van der Waals surface area contributed by atoms with Crippen LogP contribution < -0.4 is 5.69 Å². The number of nitrogens with zero attached hydrogens (tertiary/aromatic N) is 5. The third-order valence-electron chi connectivity index (χ3n) is 4.44. The Hall–Kier alpha value is -3.62. The first kappa shape index (κ1) is 23.7. The van der Waals surface area contributed by atoms with Crippen LogP contribution in [-0.2, 0) is 6.30 Å². The maximum Gasteiger partial charge on any atom is 0.492 e. The van der Waals surface area contributed by atoms with Gasteiger partial charge < -0.3 is 4.90 Å². The lowest BCUT2D eigenvalue weighted by molar-refractivity contribution is -0.207. The Morgan fingerprint density at radius 1 is 1.23 bits per heavy atom. The highest BCUT2D eigenvalue weighted by atomic mass is 19.4. The molecule has 0 spiro atoms. The Kier molecular flexibility index (Phi) is 7.95. The van der Waals surface area contributed by atoms with Gasteiger partial charge in [0.2, 0.25) is 0 Å². The number of alkyl halides is 3. The standard InChI is InChI=1S/C22H24F3N5O/c1-5-18-9-6-7-12-29(21(31)30(15-18)22(23,24)25)20-11-8-10-19(13-20)17(2)14-28(4)16-27-26-3/h5-13,15-17H,1,3,14H2,2,4H3/b9-6?,12-7?,18-15?,27-16-/t17-/m0/s1. The number of rotatable bonds is 7. The molecule has 2 rings (SSSR count). The topological polar surface area (TPSA) is 54.9 Å². The summed E-state index contributed by atoms with van der Waals surface area (Å²) in [4.78, 5) is 14.7. The molecule has 0 amide bonds. The zero-order valence-electron chi connectivity index (χ0n) is 17.3. The van der Waals surface area contributed by atoms with Gasteiger partial charge in [-0.2, -0.15) is 5.10 Å². The quantitative estimate of drug-likeness (QED) is 0.367. The van der Waals surface area contributed by atoms with Crippen LogP contribution in [0.1, 0.15) is 24.0 Å². The fourth-order valence-corrected chi connectivity index (χ4v) is 2.92. The van der Waals surface area contributed by atoms with E-state index in [1.165, 1.54) is 30.7 Å². The SMILES string of the molecule is C=Cc1ccccn(-c2cccc([C@@H](C)CN(C)/C=N\N=C)c2)c(=O)n(C(F)(F)F)c1. The number of benzene rings is 1. The van der Waals surface area contributed by atoms with Crippen LogP contribution >= 0.6 is 0 Å². The molecule has 9 heteroatoms. The van der Waals surface area contributed by atoms with Crippen LogP contribution in [0.3, 0.4) is 0 Å². The maximum atomic E-state index is 13.6. The smallest absolute Gasteiger partial charge is 0.364 e. The van der Waals surface area contributed by atoms with Crippen molar-refractivity contribution >= 4 is 19.1 Å². The van der Waals surface area contributed by atoms with Crippen molar-refractivity contribution in [2.75, 3.05) is 13.6 Å². The highest BCUT2D eigenvalue weighted by Crippen LogP contribution is 2.21. The molecule has 0 radical (unpaired) electrons. The van der Waals surface area contributed by atoms with Gasteiger partial charge in [-0.15, -0.1) is 18.3 Å². The van der Waals surface area contributed by atoms with Gasteiger partial charge in [0.25, 0.3) is 0 Å². The van der Waals surface area contributed by atoms with Crippen LogP contribution in [0.25, 0.3) is 11.8 Å². The lowest BCUT2D eigenvalue weighted by Crippen LogP contribution is -2.35. The summed E-state index contributed by atoms with van der Waals surface area (Å²) in [5, 5.41) is 7.13. The monoisotopic (exact) mass is 431 g/mol. The summed E-state index contributed by atoms with van der Waals surface area (Å²) in [6.07, 6.45) is -0.105. The predicted molar refractivity (Wildman–Crippen MR) is 118 cm³/mol. The normalized spacial score (nSPS) is 12.3. The number of hydrogen-bond donors (Lipinski definition) is 0. The molecule has 1 aromatic carbocycles. The number of hydrogen-bond acceptors (Lipinski definition) is 3. The van der Waals surface area contributed by atoms with E-state index in [4.69, 9.17) is 0 Å². The molecule has 0 fully saturated rings. The molecule has 0 aliphatic rings. The van der Waals surface area contributed by atoms with E-state index in [0.29, 0.717) is 12.2 Å². The molecule has 1 aromatic heterocycles.